The van der Waals surface area contributed by atoms with Crippen LogP contribution in [0.2, 0.25) is 0 Å². The second-order valence-electron chi connectivity index (χ2n) is 3.85. The number of amides is 1. The summed E-state index contributed by atoms with van der Waals surface area (Å²) >= 11 is 0. The third-order valence-electron chi connectivity index (χ3n) is 2.75. The predicted molar refractivity (Wildman–Crippen MR) is 68.7 cm³/mol. The van der Waals surface area contributed by atoms with Gasteiger partial charge < -0.3 is 10.3 Å². The van der Waals surface area contributed by atoms with Gasteiger partial charge in [0.15, 0.2) is 0 Å². The van der Waals surface area contributed by atoms with Crippen LogP contribution in [-0.4, -0.2) is 16.9 Å². The van der Waals surface area contributed by atoms with Gasteiger partial charge in [-0.3, -0.25) is 4.79 Å². The lowest BCUT2D eigenvalue weighted by Gasteiger charge is -2.11. The van der Waals surface area contributed by atoms with E-state index in [9.17, 15) is 4.79 Å². The highest BCUT2D eigenvalue weighted by Crippen LogP contribution is 2.16. The molecule has 3 heteroatoms. The van der Waals surface area contributed by atoms with Crippen molar-refractivity contribution in [3.05, 3.63) is 36.0 Å². The highest BCUT2D eigenvalue weighted by Gasteiger charge is 2.13. The Morgan fingerprint density at radius 2 is 2.35 bits per heavy atom. The number of hydrogen-bond donors (Lipinski definition) is 2. The van der Waals surface area contributed by atoms with Crippen molar-refractivity contribution in [2.24, 2.45) is 0 Å². The maximum atomic E-state index is 12.1. The van der Waals surface area contributed by atoms with Gasteiger partial charge in [0.05, 0.1) is 17.1 Å². The van der Waals surface area contributed by atoms with Crippen LogP contribution in [0.3, 0.4) is 0 Å². The van der Waals surface area contributed by atoms with Gasteiger partial charge in [0.25, 0.3) is 5.91 Å². The summed E-state index contributed by atoms with van der Waals surface area (Å²) in [4.78, 5) is 15.1. The van der Waals surface area contributed by atoms with E-state index in [-0.39, 0.29) is 11.9 Å². The molecule has 1 unspecified atom stereocenters. The van der Waals surface area contributed by atoms with E-state index in [1.54, 1.807) is 6.07 Å². The van der Waals surface area contributed by atoms with Crippen molar-refractivity contribution in [2.75, 3.05) is 0 Å². The highest BCUT2D eigenvalue weighted by molar-refractivity contribution is 6.05. The summed E-state index contributed by atoms with van der Waals surface area (Å²) in [5, 5.41) is 3.84. The first-order chi connectivity index (χ1) is 8.26. The molecule has 1 aromatic carbocycles. The fraction of sp³-hybridized carbons (Fsp3) is 0.214. The van der Waals surface area contributed by atoms with Gasteiger partial charge in [0, 0.05) is 11.6 Å². The largest absolute Gasteiger partial charge is 0.361 e. The summed E-state index contributed by atoms with van der Waals surface area (Å²) in [6.07, 6.45) is 7.87. The molecule has 1 aromatic heterocycles. The summed E-state index contributed by atoms with van der Waals surface area (Å²) in [5.41, 5.74) is 1.47. The third kappa shape index (κ3) is 2.16. The fourth-order valence-electron chi connectivity index (χ4n) is 1.77. The second kappa shape index (κ2) is 4.75. The minimum atomic E-state index is -0.215. The highest BCUT2D eigenvalue weighted by atomic mass is 16.1. The summed E-state index contributed by atoms with van der Waals surface area (Å²) in [5.74, 6) is 2.42. The van der Waals surface area contributed by atoms with Crippen LogP contribution < -0.4 is 5.32 Å². The molecule has 2 aromatic rings. The molecule has 0 aliphatic heterocycles. The first-order valence-electron chi connectivity index (χ1n) is 5.59. The van der Waals surface area contributed by atoms with Crippen molar-refractivity contribution < 1.29 is 4.79 Å². The number of hydrogen-bond acceptors (Lipinski definition) is 1. The number of aromatic amines is 1. The molecule has 2 N–H and O–H groups in total. The van der Waals surface area contributed by atoms with E-state index in [1.165, 1.54) is 0 Å². The zero-order chi connectivity index (χ0) is 12.3. The minimum absolute atomic E-state index is 0.136. The first kappa shape index (κ1) is 11.3. The van der Waals surface area contributed by atoms with Crippen LogP contribution in [0, 0.1) is 12.3 Å². The lowest BCUT2D eigenvalue weighted by atomic mass is 10.1. The van der Waals surface area contributed by atoms with Crippen LogP contribution in [0.25, 0.3) is 10.9 Å². The van der Waals surface area contributed by atoms with E-state index in [0.717, 1.165) is 17.3 Å². The monoisotopic (exact) mass is 226 g/mol. The number of rotatable bonds is 3. The molecule has 0 aliphatic carbocycles. The van der Waals surface area contributed by atoms with Gasteiger partial charge in [-0.2, -0.15) is 0 Å². The minimum Gasteiger partial charge on any atom is -0.361 e. The predicted octanol–water partition coefficient (Wildman–Crippen LogP) is 2.31. The number of para-hydroxylation sites is 1. The number of carbonyl (C=O) groups excluding carboxylic acids is 1. The molecule has 1 heterocycles. The normalized spacial score (nSPS) is 12.0. The van der Waals surface area contributed by atoms with Gasteiger partial charge >= 0.3 is 0 Å². The Hall–Kier alpha value is -2.21. The maximum absolute atomic E-state index is 12.1. The Bertz CT molecular complexity index is 577. The molecule has 0 bridgehead atoms. The number of carbonyl (C=O) groups is 1. The van der Waals surface area contributed by atoms with Crippen LogP contribution in [0.4, 0.5) is 0 Å². The Morgan fingerprint density at radius 1 is 1.53 bits per heavy atom. The van der Waals surface area contributed by atoms with Crippen molar-refractivity contribution in [3.63, 3.8) is 0 Å². The van der Waals surface area contributed by atoms with E-state index in [0.29, 0.717) is 5.56 Å². The van der Waals surface area contributed by atoms with Gasteiger partial charge in [0.1, 0.15) is 0 Å². The number of fused-ring (bicyclic) bond motifs is 1. The van der Waals surface area contributed by atoms with Crippen molar-refractivity contribution in [3.8, 4) is 12.3 Å². The standard InChI is InChI=1S/C14H14N2O/c1-3-11(4-2)16-14(17)12-7-5-6-10-8-9-15-13(10)12/h1,5-9,11,15H,4H2,2H3,(H,16,17). The van der Waals surface area contributed by atoms with Crippen LogP contribution in [0.15, 0.2) is 30.5 Å². The number of nitrogens with one attached hydrogen (secondary N) is 2. The van der Waals surface area contributed by atoms with Crippen LogP contribution in [0.1, 0.15) is 23.7 Å². The van der Waals surface area contributed by atoms with E-state index < -0.39 is 0 Å². The van der Waals surface area contributed by atoms with E-state index in [2.05, 4.69) is 16.2 Å². The van der Waals surface area contributed by atoms with E-state index in [4.69, 9.17) is 6.42 Å². The molecule has 2 rings (SSSR count). The first-order valence-corrected chi connectivity index (χ1v) is 5.59. The number of terminal acetylenes is 1. The molecule has 0 spiro atoms. The topological polar surface area (TPSA) is 44.9 Å². The molecule has 0 fully saturated rings. The summed E-state index contributed by atoms with van der Waals surface area (Å²) < 4.78 is 0. The lowest BCUT2D eigenvalue weighted by molar-refractivity contribution is 0.0946. The summed E-state index contributed by atoms with van der Waals surface area (Å²) in [7, 11) is 0. The van der Waals surface area contributed by atoms with E-state index in [1.807, 2.05) is 31.3 Å². The van der Waals surface area contributed by atoms with Gasteiger partial charge in [-0.1, -0.05) is 25.0 Å². The number of aromatic nitrogens is 1. The van der Waals surface area contributed by atoms with Crippen molar-refractivity contribution >= 4 is 16.8 Å². The maximum Gasteiger partial charge on any atom is 0.254 e. The Kier molecular flexibility index (Phi) is 3.15. The molecular weight excluding hydrogens is 212 g/mol. The number of benzene rings is 1. The van der Waals surface area contributed by atoms with Crippen LogP contribution in [0.5, 0.6) is 0 Å². The van der Waals surface area contributed by atoms with Gasteiger partial charge in [0.2, 0.25) is 0 Å². The Balaban J connectivity index is 2.31. The molecule has 0 saturated heterocycles. The lowest BCUT2D eigenvalue weighted by Crippen LogP contribution is -2.33. The molecule has 0 radical (unpaired) electrons. The molecule has 17 heavy (non-hydrogen) atoms. The van der Waals surface area contributed by atoms with Crippen LogP contribution >= 0.6 is 0 Å². The van der Waals surface area contributed by atoms with Crippen molar-refractivity contribution in [1.29, 1.82) is 0 Å². The van der Waals surface area contributed by atoms with Crippen LogP contribution in [-0.2, 0) is 0 Å². The average Bonchev–Trinajstić information content (AvgIpc) is 2.83. The SMILES string of the molecule is C#CC(CC)NC(=O)c1cccc2cc[nH]c12. The average molecular weight is 226 g/mol. The molecular formula is C14H14N2O. The van der Waals surface area contributed by atoms with Gasteiger partial charge in [-0.05, 0) is 18.6 Å². The summed E-state index contributed by atoms with van der Waals surface area (Å²) in [6, 6.07) is 7.33. The Morgan fingerprint density at radius 3 is 3.06 bits per heavy atom. The van der Waals surface area contributed by atoms with E-state index >= 15 is 0 Å². The Labute approximate surface area is 100 Å². The zero-order valence-electron chi connectivity index (χ0n) is 9.66. The van der Waals surface area contributed by atoms with Crippen molar-refractivity contribution in [1.82, 2.24) is 10.3 Å². The molecule has 1 atom stereocenters. The quantitative estimate of drug-likeness (QED) is 0.775. The molecule has 86 valence electrons. The van der Waals surface area contributed by atoms with Gasteiger partial charge in [-0.25, -0.2) is 0 Å². The zero-order valence-corrected chi connectivity index (χ0v) is 9.66. The van der Waals surface area contributed by atoms with Crippen molar-refractivity contribution in [2.45, 2.75) is 19.4 Å². The summed E-state index contributed by atoms with van der Waals surface area (Å²) in [6.45, 7) is 1.94. The molecule has 3 nitrogen and oxygen atoms in total. The third-order valence-corrected chi connectivity index (χ3v) is 2.75. The fourth-order valence-corrected chi connectivity index (χ4v) is 1.77. The number of H-pyrrole nitrogens is 1. The van der Waals surface area contributed by atoms with Gasteiger partial charge in [-0.15, -0.1) is 6.42 Å². The molecule has 1 amide bonds. The smallest absolute Gasteiger partial charge is 0.254 e. The molecule has 0 aliphatic rings. The second-order valence-corrected chi connectivity index (χ2v) is 3.85. The molecule has 0 saturated carbocycles.